The molecule has 1 saturated heterocycles. The summed E-state index contributed by atoms with van der Waals surface area (Å²) in [6, 6.07) is 7.29. The molecule has 0 aliphatic carbocycles. The quantitative estimate of drug-likeness (QED) is 0.853. The molecule has 1 aliphatic rings. The molecule has 1 aromatic rings. The van der Waals surface area contributed by atoms with E-state index in [4.69, 9.17) is 0 Å². The zero-order chi connectivity index (χ0) is 15.2. The SMILES string of the molecule is CCCN1CCCC(CNC)C1c1ccc(C(F)F)cc1. The van der Waals surface area contributed by atoms with Crippen molar-refractivity contribution in [3.8, 4) is 0 Å². The molecule has 1 aromatic carbocycles. The molecule has 2 rings (SSSR count). The number of alkyl halides is 2. The molecular formula is C17H26F2N2. The second kappa shape index (κ2) is 7.85. The normalized spacial score (nSPS) is 23.7. The minimum atomic E-state index is -2.38. The van der Waals surface area contributed by atoms with Crippen LogP contribution in [0.3, 0.4) is 0 Å². The first kappa shape index (κ1) is 16.4. The fraction of sp³-hybridized carbons (Fsp3) is 0.647. The van der Waals surface area contributed by atoms with Gasteiger partial charge in [0.2, 0.25) is 0 Å². The molecule has 0 saturated carbocycles. The second-order valence-electron chi connectivity index (χ2n) is 5.91. The summed E-state index contributed by atoms with van der Waals surface area (Å²) in [5.74, 6) is 0.549. The molecule has 2 unspecified atom stereocenters. The second-order valence-corrected chi connectivity index (χ2v) is 5.91. The van der Waals surface area contributed by atoms with E-state index in [1.54, 1.807) is 12.1 Å². The lowest BCUT2D eigenvalue weighted by Crippen LogP contribution is -2.42. The third-order valence-electron chi connectivity index (χ3n) is 4.37. The maximum Gasteiger partial charge on any atom is 0.263 e. The Labute approximate surface area is 126 Å². The molecule has 1 aliphatic heterocycles. The van der Waals surface area contributed by atoms with Crippen molar-refractivity contribution in [1.29, 1.82) is 0 Å². The van der Waals surface area contributed by atoms with E-state index in [2.05, 4.69) is 17.1 Å². The first-order valence-electron chi connectivity index (χ1n) is 7.94. The molecule has 21 heavy (non-hydrogen) atoms. The van der Waals surface area contributed by atoms with Crippen molar-refractivity contribution in [2.45, 2.75) is 38.7 Å². The van der Waals surface area contributed by atoms with E-state index in [0.29, 0.717) is 12.0 Å². The molecule has 4 heteroatoms. The minimum absolute atomic E-state index is 0.113. The zero-order valence-corrected chi connectivity index (χ0v) is 13.0. The van der Waals surface area contributed by atoms with Crippen LogP contribution in [0.1, 0.15) is 49.8 Å². The van der Waals surface area contributed by atoms with Crippen LogP contribution in [0.4, 0.5) is 8.78 Å². The third-order valence-corrected chi connectivity index (χ3v) is 4.37. The minimum Gasteiger partial charge on any atom is -0.319 e. The fourth-order valence-electron chi connectivity index (χ4n) is 3.49. The monoisotopic (exact) mass is 296 g/mol. The number of nitrogens with one attached hydrogen (secondary N) is 1. The smallest absolute Gasteiger partial charge is 0.263 e. The molecule has 1 fully saturated rings. The van der Waals surface area contributed by atoms with E-state index in [1.807, 2.05) is 19.2 Å². The van der Waals surface area contributed by atoms with Crippen molar-refractivity contribution in [2.24, 2.45) is 5.92 Å². The van der Waals surface area contributed by atoms with Crippen molar-refractivity contribution in [3.63, 3.8) is 0 Å². The van der Waals surface area contributed by atoms with Crippen molar-refractivity contribution in [1.82, 2.24) is 10.2 Å². The van der Waals surface area contributed by atoms with Crippen molar-refractivity contribution in [2.75, 3.05) is 26.7 Å². The van der Waals surface area contributed by atoms with Gasteiger partial charge in [-0.25, -0.2) is 8.78 Å². The van der Waals surface area contributed by atoms with Crippen molar-refractivity contribution < 1.29 is 8.78 Å². The van der Waals surface area contributed by atoms with Crippen LogP contribution in [0.25, 0.3) is 0 Å². The highest BCUT2D eigenvalue weighted by Gasteiger charge is 2.31. The molecule has 1 N–H and O–H groups in total. The van der Waals surface area contributed by atoms with E-state index in [0.717, 1.165) is 26.1 Å². The van der Waals surface area contributed by atoms with Gasteiger partial charge in [-0.05, 0) is 57.4 Å². The summed E-state index contributed by atoms with van der Waals surface area (Å²) in [6.45, 7) is 5.34. The Balaban J connectivity index is 2.23. The number of halogens is 2. The number of hydrogen-bond donors (Lipinski definition) is 1. The third kappa shape index (κ3) is 4.01. The van der Waals surface area contributed by atoms with Crippen molar-refractivity contribution in [3.05, 3.63) is 35.4 Å². The Morgan fingerprint density at radius 2 is 2.00 bits per heavy atom. The Bertz CT molecular complexity index is 401. The Morgan fingerprint density at radius 1 is 1.29 bits per heavy atom. The van der Waals surface area contributed by atoms with E-state index < -0.39 is 6.43 Å². The largest absolute Gasteiger partial charge is 0.319 e. The number of nitrogens with zero attached hydrogens (tertiary/aromatic N) is 1. The summed E-state index contributed by atoms with van der Waals surface area (Å²) in [7, 11) is 1.98. The maximum absolute atomic E-state index is 12.7. The standard InChI is InChI=1S/C17H26F2N2/c1-3-10-21-11-4-5-15(12-20-2)16(21)13-6-8-14(9-7-13)17(18)19/h6-9,15-17,20H,3-5,10-12H2,1-2H3. The molecule has 0 aromatic heterocycles. The zero-order valence-electron chi connectivity index (χ0n) is 13.0. The van der Waals surface area contributed by atoms with Crippen LogP contribution in [0.15, 0.2) is 24.3 Å². The van der Waals surface area contributed by atoms with Gasteiger partial charge in [0.1, 0.15) is 0 Å². The van der Waals surface area contributed by atoms with Crippen LogP contribution in [0, 0.1) is 5.92 Å². The lowest BCUT2D eigenvalue weighted by Gasteiger charge is -2.42. The highest BCUT2D eigenvalue weighted by atomic mass is 19.3. The summed E-state index contributed by atoms with van der Waals surface area (Å²) < 4.78 is 25.4. The van der Waals surface area contributed by atoms with Crippen LogP contribution in [0.2, 0.25) is 0 Å². The van der Waals surface area contributed by atoms with Gasteiger partial charge in [-0.2, -0.15) is 0 Å². The molecule has 0 amide bonds. The molecule has 0 spiro atoms. The Morgan fingerprint density at radius 3 is 2.57 bits per heavy atom. The van der Waals surface area contributed by atoms with Gasteiger partial charge in [0.25, 0.3) is 6.43 Å². The number of rotatable bonds is 6. The molecule has 0 bridgehead atoms. The number of benzene rings is 1. The summed E-state index contributed by atoms with van der Waals surface area (Å²) in [4.78, 5) is 2.52. The van der Waals surface area contributed by atoms with Crippen molar-refractivity contribution >= 4 is 0 Å². The molecule has 1 heterocycles. The van der Waals surface area contributed by atoms with E-state index in [1.165, 1.54) is 18.4 Å². The van der Waals surface area contributed by atoms with Gasteiger partial charge in [-0.15, -0.1) is 0 Å². The molecule has 118 valence electrons. The van der Waals surface area contributed by atoms with Gasteiger partial charge in [-0.1, -0.05) is 31.2 Å². The molecular weight excluding hydrogens is 270 g/mol. The van der Waals surface area contributed by atoms with Crippen LogP contribution in [-0.2, 0) is 0 Å². The van der Waals surface area contributed by atoms with E-state index >= 15 is 0 Å². The maximum atomic E-state index is 12.7. The summed E-state index contributed by atoms with van der Waals surface area (Å²) in [5, 5.41) is 3.28. The van der Waals surface area contributed by atoms with Gasteiger partial charge in [0.15, 0.2) is 0 Å². The molecule has 0 radical (unpaired) electrons. The summed E-state index contributed by atoms with van der Waals surface area (Å²) in [6.07, 6.45) is 1.16. The summed E-state index contributed by atoms with van der Waals surface area (Å²) in [5.41, 5.74) is 1.29. The van der Waals surface area contributed by atoms with Gasteiger partial charge in [0, 0.05) is 11.6 Å². The van der Waals surface area contributed by atoms with Gasteiger partial charge in [0.05, 0.1) is 0 Å². The topological polar surface area (TPSA) is 15.3 Å². The summed E-state index contributed by atoms with van der Waals surface area (Å²) >= 11 is 0. The lowest BCUT2D eigenvalue weighted by molar-refractivity contribution is 0.0923. The highest BCUT2D eigenvalue weighted by molar-refractivity contribution is 5.27. The van der Waals surface area contributed by atoms with Gasteiger partial charge in [-0.3, -0.25) is 4.90 Å². The van der Waals surface area contributed by atoms with E-state index in [-0.39, 0.29) is 5.56 Å². The van der Waals surface area contributed by atoms with Crippen LogP contribution in [-0.4, -0.2) is 31.6 Å². The average molecular weight is 296 g/mol. The van der Waals surface area contributed by atoms with Crippen LogP contribution < -0.4 is 5.32 Å². The predicted octanol–water partition coefficient (Wildman–Crippen LogP) is 4.01. The van der Waals surface area contributed by atoms with Crippen LogP contribution >= 0.6 is 0 Å². The first-order valence-corrected chi connectivity index (χ1v) is 7.94. The predicted molar refractivity (Wildman–Crippen MR) is 82.7 cm³/mol. The van der Waals surface area contributed by atoms with E-state index in [9.17, 15) is 8.78 Å². The number of likely N-dealkylation sites (tertiary alicyclic amines) is 1. The Kier molecular flexibility index (Phi) is 6.12. The van der Waals surface area contributed by atoms with Crippen LogP contribution in [0.5, 0.6) is 0 Å². The molecule has 2 nitrogen and oxygen atoms in total. The fourth-order valence-corrected chi connectivity index (χ4v) is 3.49. The average Bonchev–Trinajstić information content (AvgIpc) is 2.48. The molecule has 2 atom stereocenters. The number of hydrogen-bond acceptors (Lipinski definition) is 2. The highest BCUT2D eigenvalue weighted by Crippen LogP contribution is 2.36. The first-order chi connectivity index (χ1) is 10.2. The van der Waals surface area contributed by atoms with Gasteiger partial charge >= 0.3 is 0 Å². The van der Waals surface area contributed by atoms with Gasteiger partial charge < -0.3 is 5.32 Å². The number of piperidine rings is 1. The Hall–Kier alpha value is -1.00. The lowest BCUT2D eigenvalue weighted by atomic mass is 9.84.